The van der Waals surface area contributed by atoms with E-state index in [4.69, 9.17) is 17.3 Å². The normalized spacial score (nSPS) is 14.3. The maximum absolute atomic E-state index is 11.7. The van der Waals surface area contributed by atoms with Crippen LogP contribution in [0.15, 0.2) is 22.7 Å². The summed E-state index contributed by atoms with van der Waals surface area (Å²) in [6.07, 6.45) is 0. The lowest BCUT2D eigenvalue weighted by Gasteiger charge is -2.16. The summed E-state index contributed by atoms with van der Waals surface area (Å²) in [6, 6.07) is 5.11. The number of hydrogen-bond donors (Lipinski definition) is 2. The predicted octanol–water partition coefficient (Wildman–Crippen LogP) is 3.02. The molecule has 0 aliphatic heterocycles. The highest BCUT2D eigenvalue weighted by molar-refractivity contribution is 9.10. The van der Waals surface area contributed by atoms with Gasteiger partial charge < -0.3 is 11.1 Å². The molecule has 0 bridgehead atoms. The van der Waals surface area contributed by atoms with Gasteiger partial charge in [-0.25, -0.2) is 0 Å². The van der Waals surface area contributed by atoms with E-state index in [2.05, 4.69) is 21.2 Å². The summed E-state index contributed by atoms with van der Waals surface area (Å²) < 4.78 is 0.871. The molecule has 0 fully saturated rings. The first kappa shape index (κ1) is 13.5. The van der Waals surface area contributed by atoms with Gasteiger partial charge in [0.2, 0.25) is 5.91 Å². The third-order valence-corrected chi connectivity index (χ3v) is 3.20. The Morgan fingerprint density at radius 2 is 2.12 bits per heavy atom. The molecule has 0 aromatic heterocycles. The van der Waals surface area contributed by atoms with Crippen LogP contribution in [-0.2, 0) is 4.79 Å². The van der Waals surface area contributed by atoms with Crippen molar-refractivity contribution in [1.82, 2.24) is 0 Å². The second kappa shape index (κ2) is 5.66. The lowest BCUT2D eigenvalue weighted by atomic mass is 10.0. The third-order valence-electron chi connectivity index (χ3n) is 2.39. The number of hydrogen-bond acceptors (Lipinski definition) is 2. The van der Waals surface area contributed by atoms with Crippen LogP contribution in [0.3, 0.4) is 0 Å². The Hall–Kier alpha value is -0.580. The Morgan fingerprint density at radius 3 is 2.62 bits per heavy atom. The highest BCUT2D eigenvalue weighted by Crippen LogP contribution is 2.26. The van der Waals surface area contributed by atoms with Crippen molar-refractivity contribution in [3.63, 3.8) is 0 Å². The van der Waals surface area contributed by atoms with E-state index >= 15 is 0 Å². The first-order valence-electron chi connectivity index (χ1n) is 4.93. The monoisotopic (exact) mass is 304 g/mol. The quantitative estimate of drug-likeness (QED) is 0.902. The first-order chi connectivity index (χ1) is 7.41. The van der Waals surface area contributed by atoms with Gasteiger partial charge in [0, 0.05) is 10.5 Å². The van der Waals surface area contributed by atoms with Crippen molar-refractivity contribution in [2.45, 2.75) is 19.9 Å². The molecule has 1 aromatic carbocycles. The number of carbonyl (C=O) groups is 1. The van der Waals surface area contributed by atoms with Crippen molar-refractivity contribution in [2.24, 2.45) is 11.7 Å². The molecule has 5 heteroatoms. The van der Waals surface area contributed by atoms with E-state index in [1.165, 1.54) is 0 Å². The van der Waals surface area contributed by atoms with Gasteiger partial charge in [0.25, 0.3) is 0 Å². The summed E-state index contributed by atoms with van der Waals surface area (Å²) in [6.45, 7) is 3.58. The van der Waals surface area contributed by atoms with E-state index < -0.39 is 0 Å². The van der Waals surface area contributed by atoms with Gasteiger partial charge in [-0.05, 0) is 25.1 Å². The molecule has 1 rings (SSSR count). The largest absolute Gasteiger partial charge is 0.327 e. The molecule has 88 valence electrons. The molecule has 0 aliphatic carbocycles. The average molecular weight is 306 g/mol. The zero-order chi connectivity index (χ0) is 12.3. The number of benzene rings is 1. The molecule has 0 heterocycles. The fourth-order valence-corrected chi connectivity index (χ4v) is 1.80. The molecule has 0 saturated heterocycles. The number of anilines is 1. The molecule has 1 amide bonds. The average Bonchev–Trinajstić information content (AvgIpc) is 2.20. The number of nitrogens with one attached hydrogen (secondary N) is 1. The van der Waals surface area contributed by atoms with Crippen molar-refractivity contribution in [3.8, 4) is 0 Å². The highest BCUT2D eigenvalue weighted by atomic mass is 79.9. The van der Waals surface area contributed by atoms with E-state index in [0.717, 1.165) is 4.47 Å². The first-order valence-corrected chi connectivity index (χ1v) is 6.10. The second-order valence-electron chi connectivity index (χ2n) is 3.76. The minimum atomic E-state index is -0.250. The summed E-state index contributed by atoms with van der Waals surface area (Å²) in [5, 5.41) is 3.25. The van der Waals surface area contributed by atoms with Gasteiger partial charge in [-0.3, -0.25) is 4.79 Å². The molecule has 16 heavy (non-hydrogen) atoms. The SMILES string of the molecule is CC(N)C(C)C(=O)Nc1ccc(Br)cc1Cl. The van der Waals surface area contributed by atoms with Gasteiger partial charge in [-0.1, -0.05) is 34.5 Å². The van der Waals surface area contributed by atoms with Crippen molar-refractivity contribution in [3.05, 3.63) is 27.7 Å². The van der Waals surface area contributed by atoms with Gasteiger partial charge in [0.15, 0.2) is 0 Å². The number of nitrogens with two attached hydrogens (primary N) is 1. The van der Waals surface area contributed by atoms with Gasteiger partial charge in [0.05, 0.1) is 16.6 Å². The Morgan fingerprint density at radius 1 is 1.50 bits per heavy atom. The molecule has 0 saturated carbocycles. The smallest absolute Gasteiger partial charge is 0.228 e. The van der Waals surface area contributed by atoms with E-state index in [-0.39, 0.29) is 17.9 Å². The van der Waals surface area contributed by atoms with Crippen LogP contribution in [0.4, 0.5) is 5.69 Å². The number of amides is 1. The second-order valence-corrected chi connectivity index (χ2v) is 5.08. The number of carbonyl (C=O) groups excluding carboxylic acids is 1. The van der Waals surface area contributed by atoms with Crippen LogP contribution in [-0.4, -0.2) is 11.9 Å². The molecule has 0 radical (unpaired) electrons. The topological polar surface area (TPSA) is 55.1 Å². The Labute approximate surface area is 108 Å². The maximum atomic E-state index is 11.7. The van der Waals surface area contributed by atoms with Gasteiger partial charge in [-0.2, -0.15) is 0 Å². The lowest BCUT2D eigenvalue weighted by molar-refractivity contribution is -0.119. The van der Waals surface area contributed by atoms with Crippen molar-refractivity contribution >= 4 is 39.1 Å². The summed E-state index contributed by atoms with van der Waals surface area (Å²) in [5.74, 6) is -0.376. The third kappa shape index (κ3) is 3.47. The fraction of sp³-hybridized carbons (Fsp3) is 0.364. The highest BCUT2D eigenvalue weighted by Gasteiger charge is 2.17. The van der Waals surface area contributed by atoms with E-state index in [1.54, 1.807) is 26.0 Å². The predicted molar refractivity (Wildman–Crippen MR) is 70.6 cm³/mol. The zero-order valence-corrected chi connectivity index (χ0v) is 11.5. The van der Waals surface area contributed by atoms with E-state index in [9.17, 15) is 4.79 Å². The fourth-order valence-electron chi connectivity index (χ4n) is 1.08. The molecule has 3 N–H and O–H groups in total. The van der Waals surface area contributed by atoms with Crippen LogP contribution < -0.4 is 11.1 Å². The molecule has 3 nitrogen and oxygen atoms in total. The minimum absolute atomic E-state index is 0.126. The molecule has 2 atom stereocenters. The van der Waals surface area contributed by atoms with Gasteiger partial charge in [-0.15, -0.1) is 0 Å². The van der Waals surface area contributed by atoms with Crippen molar-refractivity contribution in [1.29, 1.82) is 0 Å². The van der Waals surface area contributed by atoms with Crippen LogP contribution in [0, 0.1) is 5.92 Å². The summed E-state index contributed by atoms with van der Waals surface area (Å²) in [7, 11) is 0. The summed E-state index contributed by atoms with van der Waals surface area (Å²) in [5.41, 5.74) is 6.25. The Bertz CT molecular complexity index is 396. The van der Waals surface area contributed by atoms with Crippen molar-refractivity contribution in [2.75, 3.05) is 5.32 Å². The zero-order valence-electron chi connectivity index (χ0n) is 9.13. The number of rotatable bonds is 3. The van der Waals surface area contributed by atoms with Crippen LogP contribution in [0.2, 0.25) is 5.02 Å². The summed E-state index contributed by atoms with van der Waals surface area (Å²) in [4.78, 5) is 11.7. The standard InChI is InChI=1S/C11H14BrClN2O/c1-6(7(2)14)11(16)15-10-4-3-8(12)5-9(10)13/h3-7H,14H2,1-2H3,(H,15,16). The van der Waals surface area contributed by atoms with Crippen LogP contribution in [0.5, 0.6) is 0 Å². The Balaban J connectivity index is 2.77. The van der Waals surface area contributed by atoms with Crippen molar-refractivity contribution < 1.29 is 4.79 Å². The van der Waals surface area contributed by atoms with Gasteiger partial charge >= 0.3 is 0 Å². The summed E-state index contributed by atoms with van der Waals surface area (Å²) >= 11 is 9.28. The maximum Gasteiger partial charge on any atom is 0.228 e. The molecular weight excluding hydrogens is 291 g/mol. The van der Waals surface area contributed by atoms with E-state index in [0.29, 0.717) is 10.7 Å². The molecular formula is C11H14BrClN2O. The Kier molecular flexibility index (Phi) is 4.77. The van der Waals surface area contributed by atoms with Crippen LogP contribution in [0.1, 0.15) is 13.8 Å². The van der Waals surface area contributed by atoms with Crippen LogP contribution in [0.25, 0.3) is 0 Å². The van der Waals surface area contributed by atoms with E-state index in [1.807, 2.05) is 6.07 Å². The van der Waals surface area contributed by atoms with Gasteiger partial charge in [0.1, 0.15) is 0 Å². The molecule has 2 unspecified atom stereocenters. The molecule has 0 spiro atoms. The lowest BCUT2D eigenvalue weighted by Crippen LogP contribution is -2.34. The molecule has 0 aliphatic rings. The number of halogens is 2. The van der Waals surface area contributed by atoms with Crippen LogP contribution >= 0.6 is 27.5 Å². The minimum Gasteiger partial charge on any atom is -0.327 e. The molecule has 1 aromatic rings.